The van der Waals surface area contributed by atoms with Gasteiger partial charge in [0.25, 0.3) is 0 Å². The van der Waals surface area contributed by atoms with Gasteiger partial charge in [0.05, 0.1) is 5.56 Å². The van der Waals surface area contributed by atoms with E-state index < -0.39 is 0 Å². The molecule has 0 aliphatic rings. The maximum absolute atomic E-state index is 11.3. The SMILES string of the molecule is CCSC(=O)c1ccccc1O.[Hg].[NaH]. The molecule has 0 saturated carbocycles. The Labute approximate surface area is 131 Å². The van der Waals surface area contributed by atoms with Gasteiger partial charge in [0.15, 0.2) is 0 Å². The molecule has 1 aromatic rings. The summed E-state index contributed by atoms with van der Waals surface area (Å²) in [6.45, 7) is 1.91. The molecular formula is C9H11HgNaO2S. The topological polar surface area (TPSA) is 37.3 Å². The van der Waals surface area contributed by atoms with Crippen LogP contribution in [0, 0.1) is 0 Å². The van der Waals surface area contributed by atoms with Gasteiger partial charge in [0, 0.05) is 27.7 Å². The van der Waals surface area contributed by atoms with Gasteiger partial charge in [-0.2, -0.15) is 0 Å². The zero-order valence-electron chi connectivity index (χ0n) is 7.49. The summed E-state index contributed by atoms with van der Waals surface area (Å²) in [5, 5.41) is 9.20. The fraction of sp³-hybridized carbons (Fsp3) is 0.222. The van der Waals surface area contributed by atoms with E-state index in [-0.39, 0.29) is 68.1 Å². The van der Waals surface area contributed by atoms with Crippen molar-refractivity contribution in [2.75, 3.05) is 5.75 Å². The molecule has 14 heavy (non-hydrogen) atoms. The summed E-state index contributed by atoms with van der Waals surface area (Å²) in [5.41, 5.74) is 0.393. The van der Waals surface area contributed by atoms with Gasteiger partial charge in [0.1, 0.15) is 5.75 Å². The van der Waals surface area contributed by atoms with Crippen molar-refractivity contribution in [3.8, 4) is 5.75 Å². The van der Waals surface area contributed by atoms with E-state index in [0.29, 0.717) is 5.56 Å². The van der Waals surface area contributed by atoms with Crippen molar-refractivity contribution in [2.24, 2.45) is 0 Å². The van der Waals surface area contributed by atoms with Crippen LogP contribution in [-0.2, 0) is 27.7 Å². The second-order valence-electron chi connectivity index (χ2n) is 2.24. The van der Waals surface area contributed by atoms with Crippen molar-refractivity contribution in [2.45, 2.75) is 6.92 Å². The number of benzene rings is 1. The van der Waals surface area contributed by atoms with Crippen molar-refractivity contribution >= 4 is 46.4 Å². The number of phenolic OH excluding ortho intramolecular Hbond substituents is 1. The van der Waals surface area contributed by atoms with Crippen LogP contribution in [0.15, 0.2) is 24.3 Å². The molecule has 0 amide bonds. The zero-order valence-corrected chi connectivity index (χ0v) is 13.8. The Morgan fingerprint density at radius 2 is 2.00 bits per heavy atom. The van der Waals surface area contributed by atoms with Gasteiger partial charge in [-0.1, -0.05) is 30.8 Å². The predicted octanol–water partition coefficient (Wildman–Crippen LogP) is 1.63. The van der Waals surface area contributed by atoms with Crippen LogP contribution in [-0.4, -0.2) is 45.5 Å². The van der Waals surface area contributed by atoms with Crippen LogP contribution >= 0.6 is 11.8 Å². The fourth-order valence-electron chi connectivity index (χ4n) is 0.855. The molecule has 0 spiro atoms. The van der Waals surface area contributed by atoms with E-state index >= 15 is 0 Å². The molecule has 68 valence electrons. The van der Waals surface area contributed by atoms with Gasteiger partial charge >= 0.3 is 29.6 Å². The van der Waals surface area contributed by atoms with Gasteiger partial charge < -0.3 is 5.11 Å². The van der Waals surface area contributed by atoms with Gasteiger partial charge in [-0.3, -0.25) is 4.79 Å². The number of carbonyl (C=O) groups excluding carboxylic acids is 1. The van der Waals surface area contributed by atoms with E-state index in [9.17, 15) is 9.90 Å². The number of rotatable bonds is 2. The third kappa shape index (κ3) is 5.17. The van der Waals surface area contributed by atoms with E-state index in [2.05, 4.69) is 0 Å². The maximum atomic E-state index is 11.3. The first-order valence-corrected chi connectivity index (χ1v) is 4.69. The van der Waals surface area contributed by atoms with Gasteiger partial charge in [0.2, 0.25) is 5.12 Å². The van der Waals surface area contributed by atoms with Gasteiger partial charge in [-0.25, -0.2) is 0 Å². The van der Waals surface area contributed by atoms with E-state index in [1.165, 1.54) is 17.8 Å². The molecule has 0 unspecified atom stereocenters. The molecule has 0 aliphatic heterocycles. The minimum absolute atomic E-state index is 0. The van der Waals surface area contributed by atoms with Crippen LogP contribution in [0.2, 0.25) is 0 Å². The molecule has 0 aromatic heterocycles. The first-order valence-electron chi connectivity index (χ1n) is 3.70. The molecule has 0 heterocycles. The molecule has 5 heteroatoms. The molecule has 0 saturated heterocycles. The quantitative estimate of drug-likeness (QED) is 0.759. The van der Waals surface area contributed by atoms with Crippen LogP contribution in [0.25, 0.3) is 0 Å². The second kappa shape index (κ2) is 9.22. The van der Waals surface area contributed by atoms with E-state index in [4.69, 9.17) is 0 Å². The zero-order chi connectivity index (χ0) is 8.97. The van der Waals surface area contributed by atoms with Gasteiger partial charge in [-0.05, 0) is 17.9 Å². The predicted molar refractivity (Wildman–Crippen MR) is 57.7 cm³/mol. The van der Waals surface area contributed by atoms with Crippen molar-refractivity contribution in [1.82, 2.24) is 0 Å². The van der Waals surface area contributed by atoms with E-state index in [1.54, 1.807) is 18.2 Å². The van der Waals surface area contributed by atoms with Crippen LogP contribution in [0.5, 0.6) is 5.75 Å². The number of carbonyl (C=O) groups is 1. The Hall–Kier alpha value is 0.975. The molecule has 1 rings (SSSR count). The molecule has 1 aromatic carbocycles. The summed E-state index contributed by atoms with van der Waals surface area (Å²) in [5.74, 6) is 0.788. The molecule has 0 radical (unpaired) electrons. The average Bonchev–Trinajstić information content (AvgIpc) is 2.05. The first kappa shape index (κ1) is 17.4. The number of aromatic hydroxyl groups is 1. The summed E-state index contributed by atoms with van der Waals surface area (Å²) in [7, 11) is 0. The molecule has 1 N–H and O–H groups in total. The van der Waals surface area contributed by atoms with Crippen LogP contribution in [0.1, 0.15) is 17.3 Å². The van der Waals surface area contributed by atoms with Gasteiger partial charge in [-0.15, -0.1) is 0 Å². The van der Waals surface area contributed by atoms with Crippen molar-refractivity contribution in [1.29, 1.82) is 0 Å². The van der Waals surface area contributed by atoms with Crippen molar-refractivity contribution < 1.29 is 37.6 Å². The van der Waals surface area contributed by atoms with Crippen LogP contribution in [0.3, 0.4) is 0 Å². The summed E-state index contributed by atoms with van der Waals surface area (Å²) >= 11 is 1.20. The summed E-state index contributed by atoms with van der Waals surface area (Å²) < 4.78 is 0. The molecular weight excluding hydrogens is 396 g/mol. The molecule has 0 atom stereocenters. The fourth-order valence-corrected chi connectivity index (χ4v) is 1.45. The number of phenols is 1. The molecule has 2 nitrogen and oxygen atoms in total. The summed E-state index contributed by atoms with van der Waals surface area (Å²) in [6, 6.07) is 6.58. The van der Waals surface area contributed by atoms with E-state index in [0.717, 1.165) is 5.75 Å². The minimum atomic E-state index is -0.0735. The Kier molecular flexibility index (Phi) is 11.4. The average molecular weight is 407 g/mol. The Morgan fingerprint density at radius 3 is 2.50 bits per heavy atom. The standard InChI is InChI=1S/C9H10O2S.Hg.Na.H/c1-2-12-9(11)7-5-3-4-6-8(7)10;;;/h3-6,10H,2H2,1H3;;;. The summed E-state index contributed by atoms with van der Waals surface area (Å²) in [4.78, 5) is 11.3. The Bertz CT molecular complexity index is 294. The number of para-hydroxylation sites is 1. The molecule has 0 bridgehead atoms. The Balaban J connectivity index is 0. The van der Waals surface area contributed by atoms with Crippen molar-refractivity contribution in [3.63, 3.8) is 0 Å². The first-order chi connectivity index (χ1) is 5.75. The monoisotopic (exact) mass is 408 g/mol. The van der Waals surface area contributed by atoms with Crippen molar-refractivity contribution in [3.05, 3.63) is 29.8 Å². The van der Waals surface area contributed by atoms with Crippen LogP contribution < -0.4 is 0 Å². The normalized spacial score (nSPS) is 8.36. The number of hydrogen-bond donors (Lipinski definition) is 1. The number of thioether (sulfide) groups is 1. The molecule has 0 fully saturated rings. The summed E-state index contributed by atoms with van der Waals surface area (Å²) in [6.07, 6.45) is 0. The third-order valence-corrected chi connectivity index (χ3v) is 2.17. The Morgan fingerprint density at radius 1 is 1.43 bits per heavy atom. The number of hydrogen-bond acceptors (Lipinski definition) is 3. The van der Waals surface area contributed by atoms with Crippen LogP contribution in [0.4, 0.5) is 0 Å². The second-order valence-corrected chi connectivity index (χ2v) is 3.47. The van der Waals surface area contributed by atoms with E-state index in [1.807, 2.05) is 6.92 Å². The molecule has 0 aliphatic carbocycles. The third-order valence-electron chi connectivity index (χ3n) is 1.40.